The number of rotatable bonds is 18. The smallest absolute Gasteiger partial charge is 0.246 e. The van der Waals surface area contributed by atoms with Crippen molar-refractivity contribution in [1.82, 2.24) is 9.78 Å². The van der Waals surface area contributed by atoms with Crippen molar-refractivity contribution in [3.63, 3.8) is 0 Å². The first kappa shape index (κ1) is 22.9. The first-order chi connectivity index (χ1) is 12.8. The van der Waals surface area contributed by atoms with Crippen molar-refractivity contribution in [3.8, 4) is 0 Å². The van der Waals surface area contributed by atoms with E-state index in [1.54, 1.807) is 18.5 Å². The minimum Gasteiger partial charge on any atom is -0.273 e. The molecule has 0 spiro atoms. The fourth-order valence-corrected chi connectivity index (χ4v) is 3.53. The van der Waals surface area contributed by atoms with Gasteiger partial charge in [-0.2, -0.15) is 5.10 Å². The fraction of sp³-hybridized carbons (Fsp3) is 0.826. The third-order valence-electron chi connectivity index (χ3n) is 5.25. The molecule has 26 heavy (non-hydrogen) atoms. The predicted molar refractivity (Wildman–Crippen MR) is 112 cm³/mol. The summed E-state index contributed by atoms with van der Waals surface area (Å²) in [6.07, 6.45) is 27.3. The lowest BCUT2D eigenvalue weighted by atomic mass is 10.0. The maximum Gasteiger partial charge on any atom is 0.246 e. The molecule has 3 heteroatoms. The van der Waals surface area contributed by atoms with Crippen LogP contribution in [-0.4, -0.2) is 15.7 Å². The van der Waals surface area contributed by atoms with Crippen molar-refractivity contribution in [2.24, 2.45) is 0 Å². The van der Waals surface area contributed by atoms with Crippen LogP contribution in [0.3, 0.4) is 0 Å². The molecule has 0 bridgehead atoms. The van der Waals surface area contributed by atoms with Gasteiger partial charge in [0.15, 0.2) is 0 Å². The van der Waals surface area contributed by atoms with E-state index in [1.807, 2.05) is 0 Å². The van der Waals surface area contributed by atoms with E-state index in [4.69, 9.17) is 0 Å². The molecule has 0 radical (unpaired) electrons. The van der Waals surface area contributed by atoms with Crippen LogP contribution in [0.4, 0.5) is 0 Å². The summed E-state index contributed by atoms with van der Waals surface area (Å²) in [6, 6.07) is 1.80. The molecule has 0 aliphatic carbocycles. The average Bonchev–Trinajstić information content (AvgIpc) is 3.19. The second-order valence-electron chi connectivity index (χ2n) is 7.75. The third-order valence-corrected chi connectivity index (χ3v) is 5.25. The van der Waals surface area contributed by atoms with Crippen LogP contribution < -0.4 is 0 Å². The van der Waals surface area contributed by atoms with E-state index in [1.165, 1.54) is 107 Å². The van der Waals surface area contributed by atoms with E-state index in [9.17, 15) is 4.79 Å². The molecule has 1 heterocycles. The van der Waals surface area contributed by atoms with Gasteiger partial charge in [-0.1, -0.05) is 110 Å². The average molecular weight is 363 g/mol. The lowest BCUT2D eigenvalue weighted by Crippen LogP contribution is -2.10. The van der Waals surface area contributed by atoms with E-state index in [2.05, 4.69) is 12.0 Å². The first-order valence-electron chi connectivity index (χ1n) is 11.4. The molecule has 0 atom stereocenters. The molecule has 0 saturated carbocycles. The van der Waals surface area contributed by atoms with E-state index in [-0.39, 0.29) is 5.91 Å². The third kappa shape index (κ3) is 13.1. The molecule has 0 N–H and O–H groups in total. The van der Waals surface area contributed by atoms with Gasteiger partial charge < -0.3 is 0 Å². The zero-order chi connectivity index (χ0) is 18.7. The van der Waals surface area contributed by atoms with Crippen molar-refractivity contribution in [2.45, 2.75) is 122 Å². The number of hydrogen-bond donors (Lipinski definition) is 0. The van der Waals surface area contributed by atoms with E-state index < -0.39 is 0 Å². The number of nitrogens with zero attached hydrogens (tertiary/aromatic N) is 2. The zero-order valence-electron chi connectivity index (χ0n) is 17.3. The van der Waals surface area contributed by atoms with Crippen LogP contribution in [0.25, 0.3) is 0 Å². The summed E-state index contributed by atoms with van der Waals surface area (Å²) >= 11 is 0. The van der Waals surface area contributed by atoms with Gasteiger partial charge >= 0.3 is 0 Å². The highest BCUT2D eigenvalue weighted by Gasteiger charge is 2.03. The Morgan fingerprint density at radius 3 is 1.50 bits per heavy atom. The minimum atomic E-state index is 0.121. The van der Waals surface area contributed by atoms with Crippen molar-refractivity contribution in [2.75, 3.05) is 0 Å². The Balaban J connectivity index is 1.71. The van der Waals surface area contributed by atoms with Gasteiger partial charge in [-0.15, -0.1) is 0 Å². The first-order valence-corrected chi connectivity index (χ1v) is 11.4. The summed E-state index contributed by atoms with van der Waals surface area (Å²) < 4.78 is 1.45. The molecule has 1 rings (SSSR count). The predicted octanol–water partition coefficient (Wildman–Crippen LogP) is 7.57. The van der Waals surface area contributed by atoms with Crippen LogP contribution in [0, 0.1) is 0 Å². The summed E-state index contributed by atoms with van der Waals surface area (Å²) in [5, 5.41) is 3.98. The van der Waals surface area contributed by atoms with E-state index in [0.29, 0.717) is 6.42 Å². The van der Waals surface area contributed by atoms with Crippen LogP contribution in [0.1, 0.15) is 127 Å². The van der Waals surface area contributed by atoms with Crippen LogP contribution >= 0.6 is 0 Å². The number of aromatic nitrogens is 2. The maximum atomic E-state index is 11.8. The second-order valence-corrected chi connectivity index (χ2v) is 7.75. The Kier molecular flexibility index (Phi) is 15.3. The zero-order valence-corrected chi connectivity index (χ0v) is 17.3. The topological polar surface area (TPSA) is 34.9 Å². The molecule has 150 valence electrons. The highest BCUT2D eigenvalue weighted by Crippen LogP contribution is 2.14. The van der Waals surface area contributed by atoms with Crippen LogP contribution in [0.5, 0.6) is 0 Å². The Morgan fingerprint density at radius 1 is 0.692 bits per heavy atom. The highest BCUT2D eigenvalue weighted by atomic mass is 16.2. The lowest BCUT2D eigenvalue weighted by Gasteiger charge is -2.04. The Hall–Kier alpha value is -1.12. The monoisotopic (exact) mass is 362 g/mol. The summed E-state index contributed by atoms with van der Waals surface area (Å²) in [5.41, 5.74) is 0. The molecule has 0 aromatic carbocycles. The number of carbonyl (C=O) groups excluding carboxylic acids is 1. The van der Waals surface area contributed by atoms with Crippen molar-refractivity contribution < 1.29 is 4.79 Å². The quantitative estimate of drug-likeness (QED) is 0.252. The molecule has 0 aliphatic heterocycles. The van der Waals surface area contributed by atoms with Crippen molar-refractivity contribution >= 4 is 5.91 Å². The van der Waals surface area contributed by atoms with Crippen molar-refractivity contribution in [1.29, 1.82) is 0 Å². The molecule has 0 saturated heterocycles. The molecule has 0 amide bonds. The van der Waals surface area contributed by atoms with Gasteiger partial charge in [0, 0.05) is 18.8 Å². The largest absolute Gasteiger partial charge is 0.273 e. The van der Waals surface area contributed by atoms with Crippen LogP contribution in [0.15, 0.2) is 18.5 Å². The normalized spacial score (nSPS) is 11.1. The van der Waals surface area contributed by atoms with E-state index in [0.717, 1.165) is 6.42 Å². The van der Waals surface area contributed by atoms with Gasteiger partial charge in [-0.25, -0.2) is 4.68 Å². The molecule has 1 aromatic heterocycles. The lowest BCUT2D eigenvalue weighted by molar-refractivity contribution is 0.0883. The summed E-state index contributed by atoms with van der Waals surface area (Å²) in [6.45, 7) is 2.28. The second kappa shape index (κ2) is 17.3. The molecule has 0 fully saturated rings. The van der Waals surface area contributed by atoms with Crippen LogP contribution in [-0.2, 0) is 0 Å². The van der Waals surface area contributed by atoms with Gasteiger partial charge in [0.2, 0.25) is 5.91 Å². The van der Waals surface area contributed by atoms with Crippen molar-refractivity contribution in [3.05, 3.63) is 18.5 Å². The Bertz CT molecular complexity index is 414. The maximum absolute atomic E-state index is 11.8. The summed E-state index contributed by atoms with van der Waals surface area (Å²) in [5.74, 6) is 0.121. The molecule has 0 aliphatic rings. The minimum absolute atomic E-state index is 0.121. The molecule has 1 aromatic rings. The molecule has 3 nitrogen and oxygen atoms in total. The summed E-state index contributed by atoms with van der Waals surface area (Å²) in [7, 11) is 0. The highest BCUT2D eigenvalue weighted by molar-refractivity contribution is 5.77. The SMILES string of the molecule is CCCCCCCCCCCCCCCCCCCC(=O)n1cccn1. The number of unbranched alkanes of at least 4 members (excludes halogenated alkanes) is 16. The van der Waals surface area contributed by atoms with Gasteiger partial charge in [0.1, 0.15) is 0 Å². The van der Waals surface area contributed by atoms with Gasteiger partial charge in [-0.05, 0) is 12.5 Å². The molecule has 0 unspecified atom stereocenters. The number of carbonyl (C=O) groups is 1. The number of hydrogen-bond acceptors (Lipinski definition) is 2. The van der Waals surface area contributed by atoms with Gasteiger partial charge in [0.05, 0.1) is 0 Å². The van der Waals surface area contributed by atoms with Gasteiger partial charge in [0.25, 0.3) is 0 Å². The molecular formula is C23H42N2O. The van der Waals surface area contributed by atoms with E-state index >= 15 is 0 Å². The van der Waals surface area contributed by atoms with Gasteiger partial charge in [-0.3, -0.25) is 4.79 Å². The molecular weight excluding hydrogens is 320 g/mol. The fourth-order valence-electron chi connectivity index (χ4n) is 3.53. The van der Waals surface area contributed by atoms with Crippen LogP contribution in [0.2, 0.25) is 0 Å². The Labute approximate surface area is 161 Å². The summed E-state index contributed by atoms with van der Waals surface area (Å²) in [4.78, 5) is 11.8. The Morgan fingerprint density at radius 2 is 1.12 bits per heavy atom. The standard InChI is InChI=1S/C23H42N2O/c1-2-3-4-5-6-7-8-9-10-11-12-13-14-15-16-17-18-20-23(26)25-22-19-21-24-25/h19,21-22H,2-18,20H2,1H3.